The van der Waals surface area contributed by atoms with Crippen molar-refractivity contribution in [2.45, 2.75) is 65.2 Å². The van der Waals surface area contributed by atoms with Gasteiger partial charge in [-0.2, -0.15) is 0 Å². The van der Waals surface area contributed by atoms with E-state index >= 15 is 0 Å². The molecule has 1 heterocycles. The molecule has 28 heavy (non-hydrogen) atoms. The van der Waals surface area contributed by atoms with Gasteiger partial charge in [0, 0.05) is 13.1 Å². The molecule has 1 aliphatic rings. The van der Waals surface area contributed by atoms with Crippen molar-refractivity contribution in [3.05, 3.63) is 0 Å². The number of ether oxygens (including phenoxy) is 2. The second kappa shape index (κ2) is 9.11. The van der Waals surface area contributed by atoms with Gasteiger partial charge < -0.3 is 30.1 Å². The Morgan fingerprint density at radius 2 is 1.46 bits per heavy atom. The minimum atomic E-state index is -1.13. The van der Waals surface area contributed by atoms with Gasteiger partial charge in [-0.15, -0.1) is 0 Å². The molecule has 0 saturated carbocycles. The standard InChI is InChI=1S/C18H31N3O7/c1-17(2,3)27-15(25)19-8-11-7-12(14(23)24)21(10-11)13(22)9-20-16(26)28-18(4,5)6/h11-12H,7-10H2,1-6H3,(H,19,25)(H,20,26)(H,23,24)/t11-,12+/m1/s1. The van der Waals surface area contributed by atoms with Crippen molar-refractivity contribution in [1.82, 2.24) is 15.5 Å². The second-order valence-electron chi connectivity index (χ2n) is 8.74. The average Bonchev–Trinajstić information content (AvgIpc) is 2.92. The fourth-order valence-corrected chi connectivity index (χ4v) is 2.69. The average molecular weight is 401 g/mol. The lowest BCUT2D eigenvalue weighted by Gasteiger charge is -2.23. The highest BCUT2D eigenvalue weighted by molar-refractivity contribution is 5.87. The molecule has 160 valence electrons. The van der Waals surface area contributed by atoms with Crippen LogP contribution in [0, 0.1) is 5.92 Å². The van der Waals surface area contributed by atoms with Crippen LogP contribution in [0.5, 0.6) is 0 Å². The highest BCUT2D eigenvalue weighted by atomic mass is 16.6. The molecule has 0 aliphatic carbocycles. The second-order valence-corrected chi connectivity index (χ2v) is 8.74. The van der Waals surface area contributed by atoms with E-state index in [4.69, 9.17) is 9.47 Å². The van der Waals surface area contributed by atoms with E-state index in [9.17, 15) is 24.3 Å². The van der Waals surface area contributed by atoms with Gasteiger partial charge in [-0.1, -0.05) is 0 Å². The Hall–Kier alpha value is -2.52. The number of nitrogens with zero attached hydrogens (tertiary/aromatic N) is 1. The number of nitrogens with one attached hydrogen (secondary N) is 2. The zero-order valence-corrected chi connectivity index (χ0v) is 17.3. The number of carboxylic acids is 1. The molecule has 0 aromatic rings. The zero-order valence-electron chi connectivity index (χ0n) is 17.3. The SMILES string of the molecule is CC(C)(C)OC(=O)NCC(=O)N1C[C@@H](CNC(=O)OC(C)(C)C)C[C@H]1C(=O)O. The van der Waals surface area contributed by atoms with Gasteiger partial charge >= 0.3 is 18.2 Å². The molecule has 1 aliphatic heterocycles. The van der Waals surface area contributed by atoms with Crippen LogP contribution >= 0.6 is 0 Å². The van der Waals surface area contributed by atoms with Crippen molar-refractivity contribution in [2.24, 2.45) is 5.92 Å². The van der Waals surface area contributed by atoms with Gasteiger partial charge in [-0.3, -0.25) is 4.79 Å². The van der Waals surface area contributed by atoms with E-state index in [1.165, 1.54) is 4.90 Å². The molecule has 1 saturated heterocycles. The number of likely N-dealkylation sites (tertiary alicyclic amines) is 1. The number of carbonyl (C=O) groups excluding carboxylic acids is 3. The first kappa shape index (κ1) is 23.5. The van der Waals surface area contributed by atoms with E-state index in [0.717, 1.165) is 0 Å². The third-order valence-electron chi connectivity index (χ3n) is 3.71. The molecule has 0 bridgehead atoms. The van der Waals surface area contributed by atoms with E-state index in [-0.39, 0.29) is 32.0 Å². The quantitative estimate of drug-likeness (QED) is 0.633. The third-order valence-corrected chi connectivity index (χ3v) is 3.71. The molecule has 0 aromatic carbocycles. The van der Waals surface area contributed by atoms with Crippen LogP contribution in [-0.4, -0.2) is 70.9 Å². The van der Waals surface area contributed by atoms with Crippen molar-refractivity contribution in [3.63, 3.8) is 0 Å². The van der Waals surface area contributed by atoms with E-state index in [0.29, 0.717) is 0 Å². The summed E-state index contributed by atoms with van der Waals surface area (Å²) in [6, 6.07) is -1.02. The van der Waals surface area contributed by atoms with Crippen molar-refractivity contribution in [2.75, 3.05) is 19.6 Å². The van der Waals surface area contributed by atoms with Crippen LogP contribution in [0.2, 0.25) is 0 Å². The first-order valence-electron chi connectivity index (χ1n) is 9.14. The summed E-state index contributed by atoms with van der Waals surface area (Å²) in [6.45, 7) is 10.3. The Labute approximate surface area is 164 Å². The van der Waals surface area contributed by atoms with Crippen LogP contribution in [0.25, 0.3) is 0 Å². The zero-order chi connectivity index (χ0) is 21.7. The van der Waals surface area contributed by atoms with E-state index in [2.05, 4.69) is 10.6 Å². The normalized spacial score (nSPS) is 19.7. The van der Waals surface area contributed by atoms with Gasteiger partial charge in [-0.05, 0) is 53.9 Å². The van der Waals surface area contributed by atoms with E-state index in [1.807, 2.05) is 0 Å². The minimum Gasteiger partial charge on any atom is -0.480 e. The molecule has 0 unspecified atom stereocenters. The van der Waals surface area contributed by atoms with Crippen LogP contribution in [0.3, 0.4) is 0 Å². The van der Waals surface area contributed by atoms with Crippen LogP contribution in [-0.2, 0) is 19.1 Å². The van der Waals surface area contributed by atoms with E-state index in [1.54, 1.807) is 41.5 Å². The Morgan fingerprint density at radius 3 is 1.93 bits per heavy atom. The fraction of sp³-hybridized carbons (Fsp3) is 0.778. The summed E-state index contributed by atoms with van der Waals surface area (Å²) in [7, 11) is 0. The molecule has 10 heteroatoms. The fourth-order valence-electron chi connectivity index (χ4n) is 2.69. The molecule has 1 rings (SSSR count). The molecule has 3 amide bonds. The summed E-state index contributed by atoms with van der Waals surface area (Å²) < 4.78 is 10.2. The van der Waals surface area contributed by atoms with Crippen molar-refractivity contribution < 1.29 is 33.8 Å². The number of amides is 3. The smallest absolute Gasteiger partial charge is 0.408 e. The molecular formula is C18H31N3O7. The maximum atomic E-state index is 12.4. The summed E-state index contributed by atoms with van der Waals surface area (Å²) in [5.41, 5.74) is -1.35. The Morgan fingerprint density at radius 1 is 0.964 bits per heavy atom. The number of carboxylic acid groups (broad SMARTS) is 1. The summed E-state index contributed by atoms with van der Waals surface area (Å²) >= 11 is 0. The van der Waals surface area contributed by atoms with Gasteiger partial charge in [0.05, 0.1) is 0 Å². The molecule has 3 N–H and O–H groups in total. The van der Waals surface area contributed by atoms with Gasteiger partial charge in [0.2, 0.25) is 5.91 Å². The highest BCUT2D eigenvalue weighted by Crippen LogP contribution is 2.23. The molecule has 0 spiro atoms. The molecule has 0 aromatic heterocycles. The largest absolute Gasteiger partial charge is 0.480 e. The molecule has 0 radical (unpaired) electrons. The Bertz CT molecular complexity index is 607. The van der Waals surface area contributed by atoms with E-state index < -0.39 is 41.3 Å². The summed E-state index contributed by atoms with van der Waals surface area (Å²) in [6.07, 6.45) is -1.16. The number of alkyl carbamates (subject to hydrolysis) is 2. The number of carbonyl (C=O) groups is 4. The van der Waals surface area contributed by atoms with Gasteiger partial charge in [-0.25, -0.2) is 14.4 Å². The predicted octanol–water partition coefficient (Wildman–Crippen LogP) is 1.34. The van der Waals surface area contributed by atoms with Gasteiger partial charge in [0.25, 0.3) is 0 Å². The van der Waals surface area contributed by atoms with Crippen LogP contribution in [0.4, 0.5) is 9.59 Å². The number of rotatable bonds is 5. The first-order chi connectivity index (χ1) is 12.7. The predicted molar refractivity (Wildman–Crippen MR) is 99.7 cm³/mol. The van der Waals surface area contributed by atoms with Crippen molar-refractivity contribution in [1.29, 1.82) is 0 Å². The minimum absolute atomic E-state index is 0.154. The lowest BCUT2D eigenvalue weighted by Crippen LogP contribution is -2.46. The Kier molecular flexibility index (Phi) is 7.66. The number of hydrogen-bond donors (Lipinski definition) is 3. The topological polar surface area (TPSA) is 134 Å². The maximum absolute atomic E-state index is 12.4. The number of hydrogen-bond acceptors (Lipinski definition) is 6. The lowest BCUT2D eigenvalue weighted by molar-refractivity contribution is -0.147. The van der Waals surface area contributed by atoms with Crippen LogP contribution < -0.4 is 10.6 Å². The summed E-state index contributed by atoms with van der Waals surface area (Å²) in [4.78, 5) is 48.5. The highest BCUT2D eigenvalue weighted by Gasteiger charge is 2.39. The van der Waals surface area contributed by atoms with Gasteiger partial charge in [0.15, 0.2) is 0 Å². The lowest BCUT2D eigenvalue weighted by atomic mass is 10.1. The maximum Gasteiger partial charge on any atom is 0.408 e. The Balaban J connectivity index is 2.58. The van der Waals surface area contributed by atoms with Gasteiger partial charge in [0.1, 0.15) is 23.8 Å². The van der Waals surface area contributed by atoms with Crippen molar-refractivity contribution >= 4 is 24.1 Å². The third kappa shape index (κ3) is 8.45. The molecule has 10 nitrogen and oxygen atoms in total. The summed E-state index contributed by atoms with van der Waals surface area (Å²) in [5, 5.41) is 14.3. The first-order valence-corrected chi connectivity index (χ1v) is 9.14. The molecule has 2 atom stereocenters. The monoisotopic (exact) mass is 401 g/mol. The molecule has 1 fully saturated rings. The van der Waals surface area contributed by atoms with Crippen molar-refractivity contribution in [3.8, 4) is 0 Å². The van der Waals surface area contributed by atoms with Crippen LogP contribution in [0.15, 0.2) is 0 Å². The number of aliphatic carboxylic acids is 1. The van der Waals surface area contributed by atoms with Crippen LogP contribution in [0.1, 0.15) is 48.0 Å². The summed E-state index contributed by atoms with van der Waals surface area (Å²) in [5.74, 6) is -1.90. The molecular weight excluding hydrogens is 370 g/mol.